The monoisotopic (exact) mass is 361 g/mol. The van der Waals surface area contributed by atoms with Crippen LogP contribution < -0.4 is 9.64 Å². The number of rotatable bonds is 7. The summed E-state index contributed by atoms with van der Waals surface area (Å²) in [4.78, 5) is 13.9. The SMILES string of the molecule is CCCN(C(=O)COc1nnc(C(F)(F)Cl)s1)c1ccccc1. The van der Waals surface area contributed by atoms with E-state index in [2.05, 4.69) is 10.2 Å². The summed E-state index contributed by atoms with van der Waals surface area (Å²) in [6.07, 6.45) is 0.766. The molecule has 1 aromatic carbocycles. The van der Waals surface area contributed by atoms with Crippen LogP contribution in [0, 0.1) is 0 Å². The largest absolute Gasteiger partial charge is 0.459 e. The maximum absolute atomic E-state index is 12.9. The Morgan fingerprint density at radius 2 is 2.04 bits per heavy atom. The van der Waals surface area contributed by atoms with Crippen LogP contribution in [0.3, 0.4) is 0 Å². The van der Waals surface area contributed by atoms with Crippen molar-refractivity contribution < 1.29 is 18.3 Å². The highest BCUT2D eigenvalue weighted by Crippen LogP contribution is 2.36. The second-order valence-corrected chi connectivity index (χ2v) is 5.96. The number of para-hydroxylation sites is 1. The molecule has 23 heavy (non-hydrogen) atoms. The summed E-state index contributed by atoms with van der Waals surface area (Å²) < 4.78 is 30.9. The molecule has 0 saturated carbocycles. The topological polar surface area (TPSA) is 55.3 Å². The van der Waals surface area contributed by atoms with Gasteiger partial charge in [0.1, 0.15) is 0 Å². The van der Waals surface area contributed by atoms with E-state index in [9.17, 15) is 13.6 Å². The molecule has 0 bridgehead atoms. The van der Waals surface area contributed by atoms with Crippen molar-refractivity contribution in [2.75, 3.05) is 18.1 Å². The molecule has 124 valence electrons. The molecule has 1 aromatic heterocycles. The lowest BCUT2D eigenvalue weighted by molar-refractivity contribution is -0.120. The van der Waals surface area contributed by atoms with Gasteiger partial charge >= 0.3 is 5.38 Å². The van der Waals surface area contributed by atoms with Crippen LogP contribution in [0.5, 0.6) is 5.19 Å². The van der Waals surface area contributed by atoms with Gasteiger partial charge in [0.25, 0.3) is 11.1 Å². The predicted molar refractivity (Wildman–Crippen MR) is 84.2 cm³/mol. The standard InChI is InChI=1S/C14H14ClF2N3O2S/c1-2-8-20(10-6-4-3-5-7-10)11(21)9-22-13-19-18-12(23-13)14(15,16)17/h3-7H,2,8-9H2,1H3. The zero-order valence-corrected chi connectivity index (χ0v) is 13.8. The summed E-state index contributed by atoms with van der Waals surface area (Å²) in [6, 6.07) is 9.12. The number of benzene rings is 1. The molecule has 9 heteroatoms. The van der Waals surface area contributed by atoms with Crippen LogP contribution in [0.25, 0.3) is 0 Å². The number of halogens is 3. The number of carbonyl (C=O) groups excluding carboxylic acids is 1. The third-order valence-corrected chi connectivity index (χ3v) is 3.98. The lowest BCUT2D eigenvalue weighted by Gasteiger charge is -2.21. The maximum Gasteiger partial charge on any atom is 0.376 e. The van der Waals surface area contributed by atoms with Gasteiger partial charge in [0, 0.05) is 12.2 Å². The maximum atomic E-state index is 12.9. The molecule has 0 aliphatic heterocycles. The average molecular weight is 362 g/mol. The first-order chi connectivity index (χ1) is 10.9. The van der Waals surface area contributed by atoms with Crippen molar-refractivity contribution in [1.29, 1.82) is 0 Å². The van der Waals surface area contributed by atoms with Crippen molar-refractivity contribution >= 4 is 34.5 Å². The quantitative estimate of drug-likeness (QED) is 0.706. The molecule has 0 spiro atoms. The van der Waals surface area contributed by atoms with E-state index in [1.807, 2.05) is 37.3 Å². The van der Waals surface area contributed by atoms with Crippen LogP contribution in [0.1, 0.15) is 18.4 Å². The zero-order chi connectivity index (χ0) is 16.9. The molecule has 1 heterocycles. The Hall–Kier alpha value is -1.80. The number of carbonyl (C=O) groups is 1. The molecule has 0 radical (unpaired) electrons. The summed E-state index contributed by atoms with van der Waals surface area (Å²) in [6.45, 7) is 2.15. The Morgan fingerprint density at radius 1 is 1.35 bits per heavy atom. The van der Waals surface area contributed by atoms with Gasteiger partial charge in [-0.05, 0) is 30.2 Å². The molecular weight excluding hydrogens is 348 g/mol. The van der Waals surface area contributed by atoms with Crippen molar-refractivity contribution in [3.05, 3.63) is 35.3 Å². The Morgan fingerprint density at radius 3 is 2.61 bits per heavy atom. The molecule has 2 aromatic rings. The van der Waals surface area contributed by atoms with Gasteiger partial charge in [-0.3, -0.25) is 4.79 Å². The molecule has 0 N–H and O–H groups in total. The minimum absolute atomic E-state index is 0.127. The molecule has 0 saturated heterocycles. The summed E-state index contributed by atoms with van der Waals surface area (Å²) in [7, 11) is 0. The summed E-state index contributed by atoms with van der Waals surface area (Å²) in [5, 5.41) is 2.29. The van der Waals surface area contributed by atoms with Gasteiger partial charge in [-0.25, -0.2) is 0 Å². The molecule has 5 nitrogen and oxygen atoms in total. The van der Waals surface area contributed by atoms with Crippen LogP contribution in [0.2, 0.25) is 0 Å². The van der Waals surface area contributed by atoms with E-state index in [1.54, 1.807) is 4.90 Å². The number of hydrogen-bond acceptors (Lipinski definition) is 5. The number of hydrogen-bond donors (Lipinski definition) is 0. The average Bonchev–Trinajstić information content (AvgIpc) is 3.00. The number of anilines is 1. The number of amides is 1. The third-order valence-electron chi connectivity index (χ3n) is 2.78. The van der Waals surface area contributed by atoms with Crippen LogP contribution in [-0.4, -0.2) is 29.3 Å². The Bertz CT molecular complexity index is 649. The number of ether oxygens (including phenoxy) is 1. The lowest BCUT2D eigenvalue weighted by Crippen LogP contribution is -2.35. The number of aromatic nitrogens is 2. The first-order valence-corrected chi connectivity index (χ1v) is 8.00. The van der Waals surface area contributed by atoms with Gasteiger partial charge in [0.15, 0.2) is 6.61 Å². The van der Waals surface area contributed by atoms with E-state index in [0.29, 0.717) is 17.9 Å². The van der Waals surface area contributed by atoms with Crippen molar-refractivity contribution in [3.8, 4) is 5.19 Å². The first-order valence-electron chi connectivity index (χ1n) is 6.80. The Kier molecular flexibility index (Phi) is 5.84. The van der Waals surface area contributed by atoms with Crippen molar-refractivity contribution in [1.82, 2.24) is 10.2 Å². The van der Waals surface area contributed by atoms with E-state index in [0.717, 1.165) is 12.1 Å². The Labute approximate surface area is 140 Å². The molecule has 0 aliphatic rings. The molecule has 0 aliphatic carbocycles. The third kappa shape index (κ3) is 4.84. The van der Waals surface area contributed by atoms with E-state index in [-0.39, 0.29) is 17.7 Å². The van der Waals surface area contributed by atoms with Crippen molar-refractivity contribution in [2.45, 2.75) is 18.7 Å². The highest BCUT2D eigenvalue weighted by atomic mass is 35.5. The molecule has 1 amide bonds. The zero-order valence-electron chi connectivity index (χ0n) is 12.2. The van der Waals surface area contributed by atoms with Gasteiger partial charge in [-0.1, -0.05) is 41.6 Å². The second kappa shape index (κ2) is 7.65. The van der Waals surface area contributed by atoms with Gasteiger partial charge < -0.3 is 9.64 Å². The Balaban J connectivity index is 2.01. The normalized spacial score (nSPS) is 11.3. The minimum atomic E-state index is -3.60. The fourth-order valence-corrected chi connectivity index (χ4v) is 2.53. The smallest absolute Gasteiger partial charge is 0.376 e. The summed E-state index contributed by atoms with van der Waals surface area (Å²) in [5.41, 5.74) is 0.744. The van der Waals surface area contributed by atoms with Gasteiger partial charge in [-0.2, -0.15) is 8.78 Å². The fourth-order valence-electron chi connectivity index (χ4n) is 1.81. The minimum Gasteiger partial charge on any atom is -0.459 e. The van der Waals surface area contributed by atoms with Crippen molar-refractivity contribution in [2.24, 2.45) is 0 Å². The highest BCUT2D eigenvalue weighted by molar-refractivity contribution is 7.13. The van der Waals surface area contributed by atoms with Crippen molar-refractivity contribution in [3.63, 3.8) is 0 Å². The molecule has 2 rings (SSSR count). The molecule has 0 atom stereocenters. The van der Waals surface area contributed by atoms with Gasteiger partial charge in [0.2, 0.25) is 5.01 Å². The highest BCUT2D eigenvalue weighted by Gasteiger charge is 2.33. The number of nitrogens with zero attached hydrogens (tertiary/aromatic N) is 3. The van der Waals surface area contributed by atoms with Gasteiger partial charge in [0.05, 0.1) is 0 Å². The molecule has 0 fully saturated rings. The van der Waals surface area contributed by atoms with Crippen LogP contribution >= 0.6 is 22.9 Å². The predicted octanol–water partition coefficient (Wildman–Crippen LogP) is 3.65. The van der Waals surface area contributed by atoms with Crippen LogP contribution in [-0.2, 0) is 10.2 Å². The van der Waals surface area contributed by atoms with E-state index in [4.69, 9.17) is 16.3 Å². The summed E-state index contributed by atoms with van der Waals surface area (Å²) >= 11 is 5.36. The number of alkyl halides is 3. The van der Waals surface area contributed by atoms with Crippen LogP contribution in [0.15, 0.2) is 30.3 Å². The fraction of sp³-hybridized carbons (Fsp3) is 0.357. The first kappa shape index (κ1) is 17.6. The van der Waals surface area contributed by atoms with Crippen LogP contribution in [0.4, 0.5) is 14.5 Å². The molecule has 0 unspecified atom stereocenters. The molecular formula is C14H14ClF2N3O2S. The lowest BCUT2D eigenvalue weighted by atomic mass is 10.2. The van der Waals surface area contributed by atoms with E-state index < -0.39 is 10.4 Å². The van der Waals surface area contributed by atoms with E-state index >= 15 is 0 Å². The summed E-state index contributed by atoms with van der Waals surface area (Å²) in [5.74, 6) is -0.299. The second-order valence-electron chi connectivity index (χ2n) is 4.54. The van der Waals surface area contributed by atoms with Gasteiger partial charge in [-0.15, -0.1) is 5.10 Å². The van der Waals surface area contributed by atoms with E-state index in [1.165, 1.54) is 0 Å².